The van der Waals surface area contributed by atoms with Crippen LogP contribution in [0, 0.1) is 0 Å². The molecule has 1 aromatic rings. The minimum atomic E-state index is 0.0496. The predicted octanol–water partition coefficient (Wildman–Crippen LogP) is 3.16. The van der Waals surface area contributed by atoms with Crippen molar-refractivity contribution in [3.05, 3.63) is 22.7 Å². The minimum Gasteiger partial charge on any atom is -0.398 e. The van der Waals surface area contributed by atoms with Crippen LogP contribution in [0.4, 0.5) is 11.4 Å². The molecule has 0 heterocycles. The maximum absolute atomic E-state index is 11.4. The zero-order valence-electron chi connectivity index (χ0n) is 8.72. The normalized spacial score (nSPS) is 10.0. The molecule has 0 aliphatic carbocycles. The van der Waals surface area contributed by atoms with E-state index in [0.29, 0.717) is 12.1 Å². The number of nitrogens with one attached hydrogen (secondary N) is 1. The predicted molar refractivity (Wildman–Crippen MR) is 66.7 cm³/mol. The van der Waals surface area contributed by atoms with Gasteiger partial charge in [0.25, 0.3) is 0 Å². The number of unbranched alkanes of at least 4 members (excludes halogenated alkanes) is 1. The van der Waals surface area contributed by atoms with E-state index in [4.69, 9.17) is 5.73 Å². The van der Waals surface area contributed by atoms with Crippen molar-refractivity contribution >= 4 is 33.2 Å². The molecule has 1 amide bonds. The first-order valence-corrected chi connectivity index (χ1v) is 5.77. The number of anilines is 2. The lowest BCUT2D eigenvalue weighted by Gasteiger charge is -2.06. The van der Waals surface area contributed by atoms with Gasteiger partial charge in [0, 0.05) is 22.3 Å². The summed E-state index contributed by atoms with van der Waals surface area (Å²) in [5.41, 5.74) is 7.08. The van der Waals surface area contributed by atoms with Crippen LogP contribution in [0.5, 0.6) is 0 Å². The maximum atomic E-state index is 11.4. The summed E-state index contributed by atoms with van der Waals surface area (Å²) in [5.74, 6) is 0.0496. The Kier molecular flexibility index (Phi) is 4.62. The Hall–Kier alpha value is -1.03. The number of rotatable bonds is 4. The highest BCUT2D eigenvalue weighted by Crippen LogP contribution is 2.23. The molecule has 0 atom stereocenters. The monoisotopic (exact) mass is 270 g/mol. The molecule has 15 heavy (non-hydrogen) atoms. The Morgan fingerprint density at radius 1 is 1.53 bits per heavy atom. The van der Waals surface area contributed by atoms with E-state index in [1.807, 2.05) is 0 Å². The Morgan fingerprint density at radius 3 is 2.87 bits per heavy atom. The van der Waals surface area contributed by atoms with Crippen LogP contribution in [-0.4, -0.2) is 5.91 Å². The lowest BCUT2D eigenvalue weighted by molar-refractivity contribution is -0.116. The molecule has 0 aromatic heterocycles. The summed E-state index contributed by atoms with van der Waals surface area (Å²) < 4.78 is 0.802. The Morgan fingerprint density at radius 2 is 2.27 bits per heavy atom. The summed E-state index contributed by atoms with van der Waals surface area (Å²) in [6, 6.07) is 5.36. The van der Waals surface area contributed by atoms with Crippen molar-refractivity contribution in [1.29, 1.82) is 0 Å². The van der Waals surface area contributed by atoms with Crippen LogP contribution in [0.15, 0.2) is 22.7 Å². The summed E-state index contributed by atoms with van der Waals surface area (Å²) in [6.07, 6.45) is 2.51. The zero-order chi connectivity index (χ0) is 11.3. The van der Waals surface area contributed by atoms with E-state index in [1.165, 1.54) is 0 Å². The summed E-state index contributed by atoms with van der Waals surface area (Å²) in [4.78, 5) is 11.4. The van der Waals surface area contributed by atoms with Crippen LogP contribution in [0.2, 0.25) is 0 Å². The molecule has 0 spiro atoms. The third-order valence-corrected chi connectivity index (χ3v) is 2.73. The van der Waals surface area contributed by atoms with E-state index in [1.54, 1.807) is 18.2 Å². The van der Waals surface area contributed by atoms with Gasteiger partial charge in [-0.2, -0.15) is 0 Å². The second-order valence-corrected chi connectivity index (χ2v) is 4.24. The standard InChI is InChI=1S/C11H15BrN2O/c1-2-3-4-11(15)14-8-5-6-10(13)9(12)7-8/h5-7H,2-4,13H2,1H3,(H,14,15). The van der Waals surface area contributed by atoms with E-state index in [2.05, 4.69) is 28.2 Å². The van der Waals surface area contributed by atoms with E-state index in [9.17, 15) is 4.79 Å². The van der Waals surface area contributed by atoms with E-state index in [-0.39, 0.29) is 5.91 Å². The van der Waals surface area contributed by atoms with Gasteiger partial charge in [0.05, 0.1) is 0 Å². The van der Waals surface area contributed by atoms with Crippen LogP contribution in [0.1, 0.15) is 26.2 Å². The molecule has 4 heteroatoms. The number of carbonyl (C=O) groups excluding carboxylic acids is 1. The Balaban J connectivity index is 2.57. The lowest BCUT2D eigenvalue weighted by atomic mass is 10.2. The third kappa shape index (κ3) is 3.91. The van der Waals surface area contributed by atoms with Crippen molar-refractivity contribution in [2.45, 2.75) is 26.2 Å². The van der Waals surface area contributed by atoms with Gasteiger partial charge < -0.3 is 11.1 Å². The molecule has 3 N–H and O–H groups in total. The molecular formula is C11H15BrN2O. The number of nitrogens with two attached hydrogens (primary N) is 1. The quantitative estimate of drug-likeness (QED) is 0.826. The van der Waals surface area contributed by atoms with Gasteiger partial charge in [-0.15, -0.1) is 0 Å². The van der Waals surface area contributed by atoms with Crippen LogP contribution in [-0.2, 0) is 4.79 Å². The largest absolute Gasteiger partial charge is 0.398 e. The Labute approximate surface area is 98.2 Å². The van der Waals surface area contributed by atoms with Gasteiger partial charge in [0.2, 0.25) is 5.91 Å². The number of carbonyl (C=O) groups is 1. The average Bonchev–Trinajstić information content (AvgIpc) is 2.20. The lowest BCUT2D eigenvalue weighted by Crippen LogP contribution is -2.10. The number of amides is 1. The van der Waals surface area contributed by atoms with Crippen LogP contribution < -0.4 is 11.1 Å². The molecular weight excluding hydrogens is 256 g/mol. The summed E-state index contributed by atoms with van der Waals surface area (Å²) in [7, 11) is 0. The van der Waals surface area contributed by atoms with Gasteiger partial charge in [-0.1, -0.05) is 13.3 Å². The summed E-state index contributed by atoms with van der Waals surface area (Å²) in [5, 5.41) is 2.82. The molecule has 1 aromatic carbocycles. The summed E-state index contributed by atoms with van der Waals surface area (Å²) >= 11 is 3.31. The SMILES string of the molecule is CCCCC(=O)Nc1ccc(N)c(Br)c1. The first kappa shape index (κ1) is 12.0. The van der Waals surface area contributed by atoms with Crippen molar-refractivity contribution in [1.82, 2.24) is 0 Å². The first-order valence-electron chi connectivity index (χ1n) is 4.98. The molecule has 0 radical (unpaired) electrons. The topological polar surface area (TPSA) is 55.1 Å². The fourth-order valence-electron chi connectivity index (χ4n) is 1.17. The Bertz CT molecular complexity index is 352. The van der Waals surface area contributed by atoms with Crippen LogP contribution >= 0.6 is 15.9 Å². The average molecular weight is 271 g/mol. The molecule has 0 bridgehead atoms. The van der Waals surface area contributed by atoms with Crippen molar-refractivity contribution in [2.75, 3.05) is 11.1 Å². The third-order valence-electron chi connectivity index (χ3n) is 2.04. The maximum Gasteiger partial charge on any atom is 0.224 e. The van der Waals surface area contributed by atoms with E-state index >= 15 is 0 Å². The highest BCUT2D eigenvalue weighted by atomic mass is 79.9. The molecule has 0 aliphatic rings. The molecule has 0 aliphatic heterocycles. The fourth-order valence-corrected chi connectivity index (χ4v) is 1.54. The number of benzene rings is 1. The molecule has 1 rings (SSSR count). The smallest absolute Gasteiger partial charge is 0.224 e. The van der Waals surface area contributed by atoms with Crippen molar-refractivity contribution in [3.63, 3.8) is 0 Å². The first-order chi connectivity index (χ1) is 7.13. The van der Waals surface area contributed by atoms with Gasteiger partial charge >= 0.3 is 0 Å². The number of halogens is 1. The van der Waals surface area contributed by atoms with Gasteiger partial charge in [-0.25, -0.2) is 0 Å². The highest BCUT2D eigenvalue weighted by molar-refractivity contribution is 9.10. The molecule has 3 nitrogen and oxygen atoms in total. The van der Waals surface area contributed by atoms with Crippen LogP contribution in [0.3, 0.4) is 0 Å². The molecule has 0 fully saturated rings. The summed E-state index contributed by atoms with van der Waals surface area (Å²) in [6.45, 7) is 2.06. The molecule has 0 saturated heterocycles. The van der Waals surface area contributed by atoms with Gasteiger partial charge in [-0.3, -0.25) is 4.79 Å². The molecule has 82 valence electrons. The zero-order valence-corrected chi connectivity index (χ0v) is 10.3. The minimum absolute atomic E-state index is 0.0496. The van der Waals surface area contributed by atoms with Crippen molar-refractivity contribution in [2.24, 2.45) is 0 Å². The van der Waals surface area contributed by atoms with Crippen molar-refractivity contribution < 1.29 is 4.79 Å². The second kappa shape index (κ2) is 5.75. The fraction of sp³-hybridized carbons (Fsp3) is 0.364. The highest BCUT2D eigenvalue weighted by Gasteiger charge is 2.02. The van der Waals surface area contributed by atoms with Crippen LogP contribution in [0.25, 0.3) is 0 Å². The van der Waals surface area contributed by atoms with Crippen molar-refractivity contribution in [3.8, 4) is 0 Å². The molecule has 0 unspecified atom stereocenters. The van der Waals surface area contributed by atoms with E-state index in [0.717, 1.165) is 23.0 Å². The molecule has 0 saturated carbocycles. The second-order valence-electron chi connectivity index (χ2n) is 3.39. The van der Waals surface area contributed by atoms with Gasteiger partial charge in [-0.05, 0) is 40.5 Å². The number of nitrogen functional groups attached to an aromatic ring is 1. The van der Waals surface area contributed by atoms with Gasteiger partial charge in [0.1, 0.15) is 0 Å². The van der Waals surface area contributed by atoms with Gasteiger partial charge in [0.15, 0.2) is 0 Å². The number of hydrogen-bond acceptors (Lipinski definition) is 2. The number of hydrogen-bond donors (Lipinski definition) is 2. The van der Waals surface area contributed by atoms with E-state index < -0.39 is 0 Å².